The fourth-order valence-corrected chi connectivity index (χ4v) is 2.91. The van der Waals surface area contributed by atoms with Gasteiger partial charge in [-0.25, -0.2) is 0 Å². The van der Waals surface area contributed by atoms with E-state index in [-0.39, 0.29) is 17.9 Å². The summed E-state index contributed by atoms with van der Waals surface area (Å²) >= 11 is 0. The zero-order valence-corrected chi connectivity index (χ0v) is 14.1. The molecule has 1 amide bonds. The van der Waals surface area contributed by atoms with Crippen LogP contribution in [0.3, 0.4) is 0 Å². The lowest BCUT2D eigenvalue weighted by Crippen LogP contribution is -2.55. The third kappa shape index (κ3) is 4.19. The van der Waals surface area contributed by atoms with Crippen LogP contribution in [-0.2, 0) is 9.59 Å². The fraction of sp³-hybridized carbons (Fsp3) is 0.875. The van der Waals surface area contributed by atoms with Gasteiger partial charge in [0.2, 0.25) is 5.91 Å². The summed E-state index contributed by atoms with van der Waals surface area (Å²) in [6.07, 6.45) is 1.10. The third-order valence-electron chi connectivity index (χ3n) is 4.88. The molecular weight excluding hydrogens is 268 g/mol. The van der Waals surface area contributed by atoms with Gasteiger partial charge in [0.15, 0.2) is 0 Å². The molecule has 5 heteroatoms. The Balaban J connectivity index is 2.64. The van der Waals surface area contributed by atoms with Crippen molar-refractivity contribution in [2.45, 2.75) is 59.4 Å². The van der Waals surface area contributed by atoms with Gasteiger partial charge in [-0.2, -0.15) is 0 Å². The van der Waals surface area contributed by atoms with Gasteiger partial charge >= 0.3 is 5.97 Å². The average molecular weight is 298 g/mol. The van der Waals surface area contributed by atoms with Crippen molar-refractivity contribution in [3.8, 4) is 0 Å². The van der Waals surface area contributed by atoms with E-state index in [2.05, 4.69) is 25.7 Å². The van der Waals surface area contributed by atoms with E-state index in [1.807, 2.05) is 18.7 Å². The highest BCUT2D eigenvalue weighted by Crippen LogP contribution is 2.32. The number of nitrogens with zero attached hydrogens (tertiary/aromatic N) is 2. The van der Waals surface area contributed by atoms with E-state index >= 15 is 0 Å². The zero-order chi connectivity index (χ0) is 16.3. The standard InChI is InChI=1S/C16H30N2O3/c1-6-16(7-2,14(20)21)12-13(19)17-8-10-18(11-9-17)15(3,4)5/h6-12H2,1-5H3,(H,20,21). The third-order valence-corrected chi connectivity index (χ3v) is 4.88. The second-order valence-electron chi connectivity index (χ2n) is 7.01. The molecule has 1 saturated heterocycles. The summed E-state index contributed by atoms with van der Waals surface area (Å²) < 4.78 is 0. The molecule has 5 nitrogen and oxygen atoms in total. The number of hydrogen-bond acceptors (Lipinski definition) is 3. The number of carboxylic acid groups (broad SMARTS) is 1. The lowest BCUT2D eigenvalue weighted by Gasteiger charge is -2.42. The number of amides is 1. The molecule has 0 aromatic heterocycles. The van der Waals surface area contributed by atoms with Crippen LogP contribution >= 0.6 is 0 Å². The highest BCUT2D eigenvalue weighted by molar-refractivity contribution is 5.85. The average Bonchev–Trinajstić information content (AvgIpc) is 2.43. The first kappa shape index (κ1) is 18.0. The van der Waals surface area contributed by atoms with Crippen molar-refractivity contribution in [3.05, 3.63) is 0 Å². The molecule has 0 aromatic rings. The van der Waals surface area contributed by atoms with E-state index in [4.69, 9.17) is 0 Å². The number of aliphatic carboxylic acids is 1. The molecule has 0 aliphatic carbocycles. The molecule has 0 radical (unpaired) electrons. The van der Waals surface area contributed by atoms with E-state index in [0.717, 1.165) is 13.1 Å². The van der Waals surface area contributed by atoms with Gasteiger partial charge in [-0.1, -0.05) is 13.8 Å². The van der Waals surface area contributed by atoms with Crippen molar-refractivity contribution < 1.29 is 14.7 Å². The van der Waals surface area contributed by atoms with E-state index < -0.39 is 11.4 Å². The Morgan fingerprint density at radius 1 is 1.00 bits per heavy atom. The van der Waals surface area contributed by atoms with E-state index in [1.165, 1.54) is 0 Å². The molecule has 0 atom stereocenters. The lowest BCUT2D eigenvalue weighted by atomic mass is 9.79. The highest BCUT2D eigenvalue weighted by atomic mass is 16.4. The Morgan fingerprint density at radius 3 is 1.81 bits per heavy atom. The molecule has 1 rings (SSSR count). The molecule has 21 heavy (non-hydrogen) atoms. The van der Waals surface area contributed by atoms with Crippen LogP contribution in [0.25, 0.3) is 0 Å². The van der Waals surface area contributed by atoms with Crippen LogP contribution in [0.15, 0.2) is 0 Å². The molecule has 0 aromatic carbocycles. The van der Waals surface area contributed by atoms with Gasteiger partial charge in [0.1, 0.15) is 0 Å². The molecule has 1 aliphatic heterocycles. The maximum atomic E-state index is 12.4. The first-order valence-corrected chi connectivity index (χ1v) is 7.92. The Bertz CT molecular complexity index is 375. The molecule has 122 valence electrons. The van der Waals surface area contributed by atoms with Gasteiger partial charge in [0.25, 0.3) is 0 Å². The second-order valence-corrected chi connectivity index (χ2v) is 7.01. The van der Waals surface area contributed by atoms with Crippen molar-refractivity contribution >= 4 is 11.9 Å². The molecule has 1 aliphatic rings. The molecule has 0 unspecified atom stereocenters. The molecular formula is C16H30N2O3. The number of carbonyl (C=O) groups is 2. The lowest BCUT2D eigenvalue weighted by molar-refractivity contribution is -0.155. The predicted octanol–water partition coefficient (Wildman–Crippen LogP) is 2.21. The maximum Gasteiger partial charge on any atom is 0.310 e. The van der Waals surface area contributed by atoms with Crippen LogP contribution in [0.1, 0.15) is 53.9 Å². The smallest absolute Gasteiger partial charge is 0.310 e. The molecule has 0 spiro atoms. The molecule has 0 saturated carbocycles. The summed E-state index contributed by atoms with van der Waals surface area (Å²) in [6, 6.07) is 0. The van der Waals surface area contributed by atoms with Crippen molar-refractivity contribution in [3.63, 3.8) is 0 Å². The topological polar surface area (TPSA) is 60.9 Å². The summed E-state index contributed by atoms with van der Waals surface area (Å²) in [7, 11) is 0. The van der Waals surface area contributed by atoms with E-state index in [9.17, 15) is 14.7 Å². The van der Waals surface area contributed by atoms with Crippen LogP contribution in [-0.4, -0.2) is 58.5 Å². The number of carbonyl (C=O) groups excluding carboxylic acids is 1. The van der Waals surface area contributed by atoms with Crippen molar-refractivity contribution in [1.82, 2.24) is 9.80 Å². The maximum absolute atomic E-state index is 12.4. The van der Waals surface area contributed by atoms with Crippen molar-refractivity contribution in [1.29, 1.82) is 0 Å². The fourth-order valence-electron chi connectivity index (χ4n) is 2.91. The summed E-state index contributed by atoms with van der Waals surface area (Å²) in [6.45, 7) is 13.3. The second kappa shape index (κ2) is 6.77. The number of hydrogen-bond donors (Lipinski definition) is 1. The van der Waals surface area contributed by atoms with Crippen LogP contribution in [0, 0.1) is 5.41 Å². The van der Waals surface area contributed by atoms with Gasteiger partial charge in [0.05, 0.1) is 5.41 Å². The Labute approximate surface area is 128 Å². The summed E-state index contributed by atoms with van der Waals surface area (Å²) in [4.78, 5) is 28.1. The number of carboxylic acids is 1. The minimum atomic E-state index is -0.905. The Kier molecular flexibility index (Phi) is 5.79. The zero-order valence-electron chi connectivity index (χ0n) is 14.1. The summed E-state index contributed by atoms with van der Waals surface area (Å²) in [5.74, 6) is -0.871. The minimum Gasteiger partial charge on any atom is -0.481 e. The van der Waals surface area contributed by atoms with Gasteiger partial charge in [-0.05, 0) is 33.6 Å². The van der Waals surface area contributed by atoms with Crippen molar-refractivity contribution in [2.75, 3.05) is 26.2 Å². The van der Waals surface area contributed by atoms with Crippen LogP contribution in [0.2, 0.25) is 0 Å². The number of rotatable bonds is 5. The molecule has 1 fully saturated rings. The summed E-state index contributed by atoms with van der Waals surface area (Å²) in [5, 5.41) is 9.44. The van der Waals surface area contributed by atoms with Crippen molar-refractivity contribution in [2.24, 2.45) is 5.41 Å². The van der Waals surface area contributed by atoms with E-state index in [0.29, 0.717) is 25.9 Å². The van der Waals surface area contributed by atoms with Crippen LogP contribution in [0.4, 0.5) is 0 Å². The molecule has 1 heterocycles. The largest absolute Gasteiger partial charge is 0.481 e. The highest BCUT2D eigenvalue weighted by Gasteiger charge is 2.39. The normalized spacial score (nSPS) is 17.9. The minimum absolute atomic E-state index is 0.0188. The first-order valence-electron chi connectivity index (χ1n) is 7.92. The van der Waals surface area contributed by atoms with Gasteiger partial charge in [0, 0.05) is 38.1 Å². The Hall–Kier alpha value is -1.10. The summed E-state index contributed by atoms with van der Waals surface area (Å²) in [5.41, 5.74) is -0.787. The Morgan fingerprint density at radius 2 is 1.48 bits per heavy atom. The quantitative estimate of drug-likeness (QED) is 0.845. The van der Waals surface area contributed by atoms with Crippen LogP contribution < -0.4 is 0 Å². The monoisotopic (exact) mass is 298 g/mol. The van der Waals surface area contributed by atoms with E-state index in [1.54, 1.807) is 0 Å². The first-order chi connectivity index (χ1) is 9.66. The molecule has 0 bridgehead atoms. The van der Waals surface area contributed by atoms with Gasteiger partial charge in [-0.15, -0.1) is 0 Å². The predicted molar refractivity (Wildman–Crippen MR) is 83.2 cm³/mol. The van der Waals surface area contributed by atoms with Crippen LogP contribution in [0.5, 0.6) is 0 Å². The van der Waals surface area contributed by atoms with Gasteiger partial charge < -0.3 is 10.0 Å². The number of piperazine rings is 1. The molecule has 1 N–H and O–H groups in total. The SMILES string of the molecule is CCC(CC)(CC(=O)N1CCN(C(C)(C)C)CC1)C(=O)O. The van der Waals surface area contributed by atoms with Gasteiger partial charge in [-0.3, -0.25) is 14.5 Å².